The Bertz CT molecular complexity index is 784. The number of nitrogens with zero attached hydrogens (tertiary/aromatic N) is 6. The van der Waals surface area contributed by atoms with Gasteiger partial charge in [0.15, 0.2) is 17.2 Å². The Labute approximate surface area is 117 Å². The van der Waals surface area contributed by atoms with Gasteiger partial charge in [0.2, 0.25) is 0 Å². The first kappa shape index (κ1) is 13.1. The van der Waals surface area contributed by atoms with Crippen LogP contribution in [-0.4, -0.2) is 36.7 Å². The molecule has 0 aliphatic rings. The third-order valence-electron chi connectivity index (χ3n) is 2.60. The van der Waals surface area contributed by atoms with Crippen LogP contribution in [-0.2, 0) is 0 Å². The molecule has 0 amide bonds. The van der Waals surface area contributed by atoms with E-state index in [4.69, 9.17) is 5.21 Å². The van der Waals surface area contributed by atoms with Gasteiger partial charge in [-0.2, -0.15) is 10.3 Å². The van der Waals surface area contributed by atoms with Gasteiger partial charge in [-0.15, -0.1) is 14.8 Å². The minimum absolute atomic E-state index is 0.201. The van der Waals surface area contributed by atoms with Crippen molar-refractivity contribution in [3.8, 4) is 0 Å². The molecule has 0 saturated heterocycles. The molecule has 106 valence electrons. The van der Waals surface area contributed by atoms with Gasteiger partial charge in [-0.25, -0.2) is 5.21 Å². The predicted molar refractivity (Wildman–Crippen MR) is 72.0 cm³/mol. The fraction of sp³-hybridized carbons (Fsp3) is 0. The standard InChI is InChI=1S/C11H10N8O2/c20-19(21)9-3-1-2-8(6-9)7-12-13-10-4-5-11-14-16-17-18(11)15-10/h1-7,19-20H,(H,13,15). The van der Waals surface area contributed by atoms with Crippen LogP contribution in [0.5, 0.6) is 0 Å². The van der Waals surface area contributed by atoms with Crippen molar-refractivity contribution < 1.29 is 10.4 Å². The zero-order valence-electron chi connectivity index (χ0n) is 10.6. The molecule has 0 aliphatic heterocycles. The third-order valence-corrected chi connectivity index (χ3v) is 2.60. The van der Waals surface area contributed by atoms with Crippen LogP contribution in [0, 0.1) is 5.21 Å². The van der Waals surface area contributed by atoms with Crippen molar-refractivity contribution in [1.29, 1.82) is 0 Å². The van der Waals surface area contributed by atoms with E-state index >= 15 is 0 Å². The maximum absolute atomic E-state index is 10.9. The number of quaternary nitrogens is 1. The average Bonchev–Trinajstić information content (AvgIpc) is 2.95. The number of rotatable bonds is 4. The maximum Gasteiger partial charge on any atom is 0.200 e. The fourth-order valence-corrected chi connectivity index (χ4v) is 1.63. The summed E-state index contributed by atoms with van der Waals surface area (Å²) in [5.74, 6) is 0.459. The number of hydrogen-bond donors (Lipinski definition) is 3. The van der Waals surface area contributed by atoms with Gasteiger partial charge in [-0.1, -0.05) is 12.1 Å². The number of hydrogen-bond acceptors (Lipinski definition) is 8. The van der Waals surface area contributed by atoms with E-state index in [9.17, 15) is 5.21 Å². The smallest absolute Gasteiger partial charge is 0.200 e. The minimum Gasteiger partial charge on any atom is -0.595 e. The number of nitrogens with one attached hydrogen (secondary N) is 2. The Morgan fingerprint density at radius 2 is 2.24 bits per heavy atom. The van der Waals surface area contributed by atoms with E-state index in [0.717, 1.165) is 0 Å². The van der Waals surface area contributed by atoms with Crippen LogP contribution in [0.15, 0.2) is 41.5 Å². The lowest BCUT2D eigenvalue weighted by molar-refractivity contribution is -0.991. The number of aromatic nitrogens is 5. The quantitative estimate of drug-likeness (QED) is 0.430. The van der Waals surface area contributed by atoms with Crippen molar-refractivity contribution in [1.82, 2.24) is 25.3 Å². The van der Waals surface area contributed by atoms with Crippen molar-refractivity contribution in [2.24, 2.45) is 5.10 Å². The predicted octanol–water partition coefficient (Wildman–Crippen LogP) is -0.631. The molecular formula is C11H10N8O2. The summed E-state index contributed by atoms with van der Waals surface area (Å²) in [5, 5.41) is 37.7. The highest BCUT2D eigenvalue weighted by Crippen LogP contribution is 2.05. The molecule has 2 aromatic heterocycles. The third kappa shape index (κ3) is 2.97. The number of fused-ring (bicyclic) bond motifs is 1. The van der Waals surface area contributed by atoms with Crippen LogP contribution in [0.2, 0.25) is 0 Å². The highest BCUT2D eigenvalue weighted by molar-refractivity contribution is 5.81. The van der Waals surface area contributed by atoms with E-state index in [1.165, 1.54) is 23.0 Å². The number of anilines is 1. The Balaban J connectivity index is 1.72. The van der Waals surface area contributed by atoms with Gasteiger partial charge >= 0.3 is 0 Å². The molecule has 3 rings (SSSR count). The summed E-state index contributed by atoms with van der Waals surface area (Å²) in [7, 11) is 0. The summed E-state index contributed by atoms with van der Waals surface area (Å²) >= 11 is 0. The minimum atomic E-state index is -0.982. The monoisotopic (exact) mass is 286 g/mol. The van der Waals surface area contributed by atoms with Crippen LogP contribution < -0.4 is 10.7 Å². The van der Waals surface area contributed by atoms with E-state index < -0.39 is 5.23 Å². The highest BCUT2D eigenvalue weighted by atomic mass is 16.8. The maximum atomic E-state index is 10.9. The normalized spacial score (nSPS) is 12.9. The van der Waals surface area contributed by atoms with Gasteiger partial charge in [0, 0.05) is 17.7 Å². The van der Waals surface area contributed by atoms with Gasteiger partial charge in [0.25, 0.3) is 0 Å². The van der Waals surface area contributed by atoms with Crippen molar-refractivity contribution in [2.45, 2.75) is 0 Å². The summed E-state index contributed by atoms with van der Waals surface area (Å²) in [4.78, 5) is 0. The molecule has 0 radical (unpaired) electrons. The van der Waals surface area contributed by atoms with E-state index in [-0.39, 0.29) is 5.69 Å². The Kier molecular flexibility index (Phi) is 3.47. The van der Waals surface area contributed by atoms with Crippen LogP contribution in [0.4, 0.5) is 11.5 Å². The topological polar surface area (TPSA) is 128 Å². The molecule has 1 unspecified atom stereocenters. The summed E-state index contributed by atoms with van der Waals surface area (Å²) in [6.45, 7) is 0. The molecule has 1 atom stereocenters. The van der Waals surface area contributed by atoms with Gasteiger partial charge in [-0.05, 0) is 22.6 Å². The summed E-state index contributed by atoms with van der Waals surface area (Å²) in [5.41, 5.74) is 4.10. The molecule has 0 bridgehead atoms. The van der Waals surface area contributed by atoms with Gasteiger partial charge in [-0.3, -0.25) is 5.43 Å². The Morgan fingerprint density at radius 3 is 3.10 bits per heavy atom. The zero-order chi connectivity index (χ0) is 14.7. The summed E-state index contributed by atoms with van der Waals surface area (Å²) in [6, 6.07) is 9.80. The van der Waals surface area contributed by atoms with Crippen LogP contribution in [0.3, 0.4) is 0 Å². The fourth-order valence-electron chi connectivity index (χ4n) is 1.63. The zero-order valence-corrected chi connectivity index (χ0v) is 10.6. The molecule has 3 N–H and O–H groups in total. The lowest BCUT2D eigenvalue weighted by Crippen LogP contribution is -2.99. The van der Waals surface area contributed by atoms with Crippen LogP contribution >= 0.6 is 0 Å². The number of tetrazole rings is 1. The second kappa shape index (κ2) is 5.58. The van der Waals surface area contributed by atoms with Crippen molar-refractivity contribution in [3.05, 3.63) is 47.2 Å². The largest absolute Gasteiger partial charge is 0.595 e. The first-order valence-electron chi connectivity index (χ1n) is 5.90. The molecule has 0 fully saturated rings. The number of hydrazone groups is 1. The first-order chi connectivity index (χ1) is 10.2. The molecule has 1 aromatic carbocycles. The molecular weight excluding hydrogens is 276 g/mol. The first-order valence-corrected chi connectivity index (χ1v) is 5.90. The van der Waals surface area contributed by atoms with Crippen molar-refractivity contribution >= 4 is 23.4 Å². The van der Waals surface area contributed by atoms with Crippen LogP contribution in [0.1, 0.15) is 5.56 Å². The van der Waals surface area contributed by atoms with Gasteiger partial charge in [0.1, 0.15) is 0 Å². The molecule has 3 aromatic rings. The Morgan fingerprint density at radius 1 is 1.33 bits per heavy atom. The second-order valence-corrected chi connectivity index (χ2v) is 4.05. The summed E-state index contributed by atoms with van der Waals surface area (Å²) in [6.07, 6.45) is 1.50. The highest BCUT2D eigenvalue weighted by Gasteiger charge is 2.00. The van der Waals surface area contributed by atoms with E-state index in [1.807, 2.05) is 0 Å². The number of benzene rings is 1. The van der Waals surface area contributed by atoms with Gasteiger partial charge < -0.3 is 5.21 Å². The van der Waals surface area contributed by atoms with Crippen molar-refractivity contribution in [3.63, 3.8) is 0 Å². The summed E-state index contributed by atoms with van der Waals surface area (Å²) < 4.78 is 1.27. The van der Waals surface area contributed by atoms with Crippen molar-refractivity contribution in [2.75, 3.05) is 5.43 Å². The molecule has 0 spiro atoms. The molecule has 10 nitrogen and oxygen atoms in total. The Hall–Kier alpha value is -2.95. The molecule has 10 heteroatoms. The lowest BCUT2D eigenvalue weighted by Gasteiger charge is -2.11. The van der Waals surface area contributed by atoms with Crippen LogP contribution in [0.25, 0.3) is 5.65 Å². The van der Waals surface area contributed by atoms with E-state index in [0.29, 0.717) is 17.0 Å². The molecule has 0 aliphatic carbocycles. The van der Waals surface area contributed by atoms with Gasteiger partial charge in [0.05, 0.1) is 6.21 Å². The molecule has 0 saturated carbocycles. The molecule has 2 heterocycles. The average molecular weight is 286 g/mol. The van der Waals surface area contributed by atoms with E-state index in [1.54, 1.807) is 24.3 Å². The lowest BCUT2D eigenvalue weighted by atomic mass is 10.2. The SMILES string of the molecule is [O-][NH+](O)c1cccc(C=NNc2ccc3nnnn3n2)c1. The van der Waals surface area contributed by atoms with E-state index in [2.05, 4.69) is 31.2 Å². The second-order valence-electron chi connectivity index (χ2n) is 4.05. The molecule has 21 heavy (non-hydrogen) atoms.